The van der Waals surface area contributed by atoms with Gasteiger partial charge in [0, 0.05) is 19.6 Å². The van der Waals surface area contributed by atoms with Crippen molar-refractivity contribution < 1.29 is 4.42 Å². The summed E-state index contributed by atoms with van der Waals surface area (Å²) >= 11 is 0. The van der Waals surface area contributed by atoms with Gasteiger partial charge in [-0.05, 0) is 56.8 Å². The highest BCUT2D eigenvalue weighted by atomic mass is 16.3. The van der Waals surface area contributed by atoms with Crippen LogP contribution in [0, 0.1) is 5.41 Å². The molecule has 0 amide bonds. The lowest BCUT2D eigenvalue weighted by atomic mass is 9.93. The van der Waals surface area contributed by atoms with E-state index in [1.165, 1.54) is 19.3 Å². The van der Waals surface area contributed by atoms with Crippen molar-refractivity contribution in [1.29, 1.82) is 0 Å². The average Bonchev–Trinajstić information content (AvgIpc) is 3.28. The first-order chi connectivity index (χ1) is 11.6. The number of furan rings is 1. The number of hydrogen-bond donors (Lipinski definition) is 1. The molecule has 1 aromatic rings. The zero-order valence-electron chi connectivity index (χ0n) is 15.4. The van der Waals surface area contributed by atoms with Gasteiger partial charge in [0.25, 0.3) is 0 Å². The van der Waals surface area contributed by atoms with Gasteiger partial charge in [-0.1, -0.05) is 13.8 Å². The molecule has 1 N–H and O–H groups in total. The molecule has 1 atom stereocenters. The fraction of sp³-hybridized carbons (Fsp3) is 0.737. The van der Waals surface area contributed by atoms with Gasteiger partial charge in [0.1, 0.15) is 5.76 Å². The van der Waals surface area contributed by atoms with Gasteiger partial charge in [-0.15, -0.1) is 0 Å². The van der Waals surface area contributed by atoms with E-state index in [1.54, 1.807) is 6.26 Å². The fourth-order valence-electron chi connectivity index (χ4n) is 3.81. The normalized spacial score (nSPS) is 23.0. The maximum absolute atomic E-state index is 5.71. The standard InChI is InChI=1S/C19H32N4O/c1-4-20-18(23-12-9-19(2,3)15-23)21-14-16(17-8-7-13-24-17)22-10-5-6-11-22/h7-8,13,16H,4-6,9-12,14-15H2,1-3H3,(H,20,21). The van der Waals surface area contributed by atoms with Crippen molar-refractivity contribution in [2.75, 3.05) is 39.3 Å². The van der Waals surface area contributed by atoms with Crippen LogP contribution in [-0.2, 0) is 0 Å². The highest BCUT2D eigenvalue weighted by molar-refractivity contribution is 5.80. The Morgan fingerprint density at radius 2 is 2.12 bits per heavy atom. The van der Waals surface area contributed by atoms with Crippen LogP contribution >= 0.6 is 0 Å². The molecule has 1 aromatic heterocycles. The van der Waals surface area contributed by atoms with E-state index < -0.39 is 0 Å². The van der Waals surface area contributed by atoms with Gasteiger partial charge >= 0.3 is 0 Å². The minimum Gasteiger partial charge on any atom is -0.468 e. The predicted molar refractivity (Wildman–Crippen MR) is 98.2 cm³/mol. The van der Waals surface area contributed by atoms with Crippen molar-refractivity contribution in [3.8, 4) is 0 Å². The summed E-state index contributed by atoms with van der Waals surface area (Å²) in [7, 11) is 0. The Morgan fingerprint density at radius 3 is 2.71 bits per heavy atom. The molecule has 134 valence electrons. The second-order valence-electron chi connectivity index (χ2n) is 7.80. The third-order valence-electron chi connectivity index (χ3n) is 5.18. The summed E-state index contributed by atoms with van der Waals surface area (Å²) in [6.07, 6.45) is 5.56. The largest absolute Gasteiger partial charge is 0.468 e. The average molecular weight is 332 g/mol. The maximum Gasteiger partial charge on any atom is 0.194 e. The summed E-state index contributed by atoms with van der Waals surface area (Å²) in [5.41, 5.74) is 0.381. The van der Waals surface area contributed by atoms with Crippen molar-refractivity contribution in [2.45, 2.75) is 46.1 Å². The molecule has 0 bridgehead atoms. The highest BCUT2D eigenvalue weighted by Gasteiger charge is 2.31. The van der Waals surface area contributed by atoms with Gasteiger partial charge in [0.05, 0.1) is 18.8 Å². The lowest BCUT2D eigenvalue weighted by molar-refractivity contribution is 0.220. The summed E-state index contributed by atoms with van der Waals surface area (Å²) in [6, 6.07) is 4.33. The summed E-state index contributed by atoms with van der Waals surface area (Å²) in [4.78, 5) is 9.91. The molecule has 5 nitrogen and oxygen atoms in total. The molecule has 5 heteroatoms. The first-order valence-corrected chi connectivity index (χ1v) is 9.40. The summed E-state index contributed by atoms with van der Waals surface area (Å²) in [5, 5.41) is 3.48. The molecule has 0 spiro atoms. The van der Waals surface area contributed by atoms with Gasteiger partial charge in [0.2, 0.25) is 0 Å². The molecule has 2 saturated heterocycles. The summed E-state index contributed by atoms with van der Waals surface area (Å²) in [5.74, 6) is 2.09. The molecular formula is C19H32N4O. The number of hydrogen-bond acceptors (Lipinski definition) is 3. The molecule has 24 heavy (non-hydrogen) atoms. The second-order valence-corrected chi connectivity index (χ2v) is 7.80. The molecule has 2 aliphatic rings. The summed E-state index contributed by atoms with van der Waals surface area (Å²) in [6.45, 7) is 12.9. The van der Waals surface area contributed by atoms with Crippen LogP contribution in [-0.4, -0.2) is 55.0 Å². The molecular weight excluding hydrogens is 300 g/mol. The molecule has 0 aliphatic carbocycles. The van der Waals surface area contributed by atoms with E-state index in [0.717, 1.165) is 51.0 Å². The van der Waals surface area contributed by atoms with Crippen LogP contribution in [0.5, 0.6) is 0 Å². The van der Waals surface area contributed by atoms with E-state index in [4.69, 9.17) is 9.41 Å². The third-order valence-corrected chi connectivity index (χ3v) is 5.18. The Labute approximate surface area is 146 Å². The maximum atomic E-state index is 5.71. The van der Waals surface area contributed by atoms with Crippen molar-refractivity contribution in [2.24, 2.45) is 10.4 Å². The van der Waals surface area contributed by atoms with Crippen molar-refractivity contribution in [1.82, 2.24) is 15.1 Å². The molecule has 3 rings (SSSR count). The number of aliphatic imine (C=N–C) groups is 1. The predicted octanol–water partition coefficient (Wildman–Crippen LogP) is 3.11. The number of nitrogens with zero attached hydrogens (tertiary/aromatic N) is 3. The lowest BCUT2D eigenvalue weighted by Gasteiger charge is -2.27. The number of rotatable bonds is 5. The fourth-order valence-corrected chi connectivity index (χ4v) is 3.81. The number of guanidine groups is 1. The van der Waals surface area contributed by atoms with Gasteiger partial charge in [-0.3, -0.25) is 9.89 Å². The van der Waals surface area contributed by atoms with Gasteiger partial charge in [-0.2, -0.15) is 0 Å². The molecule has 1 unspecified atom stereocenters. The van der Waals surface area contributed by atoms with Gasteiger partial charge < -0.3 is 14.6 Å². The molecule has 0 radical (unpaired) electrons. The Kier molecular flexibility index (Phi) is 5.49. The van der Waals surface area contributed by atoms with Crippen LogP contribution in [0.3, 0.4) is 0 Å². The Morgan fingerprint density at radius 1 is 1.33 bits per heavy atom. The van der Waals surface area contributed by atoms with E-state index in [1.807, 2.05) is 6.07 Å². The molecule has 2 aliphatic heterocycles. The van der Waals surface area contributed by atoms with E-state index in [0.29, 0.717) is 5.41 Å². The zero-order valence-corrected chi connectivity index (χ0v) is 15.4. The first-order valence-electron chi connectivity index (χ1n) is 9.40. The van der Waals surface area contributed by atoms with Crippen molar-refractivity contribution in [3.63, 3.8) is 0 Å². The summed E-state index contributed by atoms with van der Waals surface area (Å²) < 4.78 is 5.71. The minimum atomic E-state index is 0.256. The zero-order chi connectivity index (χ0) is 17.0. The first kappa shape index (κ1) is 17.3. The lowest BCUT2D eigenvalue weighted by Crippen LogP contribution is -2.41. The van der Waals surface area contributed by atoms with Crippen LogP contribution in [0.25, 0.3) is 0 Å². The van der Waals surface area contributed by atoms with Crippen LogP contribution in [0.4, 0.5) is 0 Å². The smallest absolute Gasteiger partial charge is 0.194 e. The topological polar surface area (TPSA) is 44.0 Å². The SMILES string of the molecule is CCNC(=NCC(c1ccco1)N1CCCC1)N1CCC(C)(C)C1. The van der Waals surface area contributed by atoms with E-state index >= 15 is 0 Å². The third kappa shape index (κ3) is 4.12. The molecule has 0 saturated carbocycles. The van der Waals surface area contributed by atoms with Crippen LogP contribution in [0.15, 0.2) is 27.8 Å². The van der Waals surface area contributed by atoms with Crippen LogP contribution in [0.1, 0.15) is 51.8 Å². The van der Waals surface area contributed by atoms with E-state index in [2.05, 4.69) is 42.0 Å². The quantitative estimate of drug-likeness (QED) is 0.665. The Balaban J connectivity index is 1.73. The van der Waals surface area contributed by atoms with Gasteiger partial charge in [0.15, 0.2) is 5.96 Å². The Hall–Kier alpha value is -1.49. The van der Waals surface area contributed by atoms with E-state index in [9.17, 15) is 0 Å². The minimum absolute atomic E-state index is 0.256. The molecule has 2 fully saturated rings. The van der Waals surface area contributed by atoms with Gasteiger partial charge in [-0.25, -0.2) is 0 Å². The number of nitrogens with one attached hydrogen (secondary N) is 1. The monoisotopic (exact) mass is 332 g/mol. The Bertz CT molecular complexity index is 532. The van der Waals surface area contributed by atoms with Crippen LogP contribution in [0.2, 0.25) is 0 Å². The van der Waals surface area contributed by atoms with E-state index in [-0.39, 0.29) is 6.04 Å². The second kappa shape index (κ2) is 7.60. The van der Waals surface area contributed by atoms with Crippen molar-refractivity contribution >= 4 is 5.96 Å². The molecule has 3 heterocycles. The molecule has 0 aromatic carbocycles. The highest BCUT2D eigenvalue weighted by Crippen LogP contribution is 2.29. The van der Waals surface area contributed by atoms with Crippen LogP contribution < -0.4 is 5.32 Å². The van der Waals surface area contributed by atoms with Crippen molar-refractivity contribution in [3.05, 3.63) is 24.2 Å². The number of likely N-dealkylation sites (tertiary alicyclic amines) is 2.